The maximum Gasteiger partial charge on any atom is 0.259 e. The second-order valence-corrected chi connectivity index (χ2v) is 8.30. The van der Waals surface area contributed by atoms with Gasteiger partial charge < -0.3 is 10.1 Å². The number of imidazole rings is 1. The molecule has 1 fully saturated rings. The zero-order valence-electron chi connectivity index (χ0n) is 18.1. The zero-order valence-corrected chi connectivity index (χ0v) is 18.9. The van der Waals surface area contributed by atoms with Gasteiger partial charge in [0.25, 0.3) is 5.91 Å². The predicted octanol–water partition coefficient (Wildman–Crippen LogP) is 4.06. The highest BCUT2D eigenvalue weighted by Gasteiger charge is 2.35. The van der Waals surface area contributed by atoms with Gasteiger partial charge in [-0.15, -0.1) is 6.58 Å². The number of fused-ring (bicyclic) bond motifs is 2. The van der Waals surface area contributed by atoms with Crippen LogP contribution in [-0.2, 0) is 16.2 Å². The number of ether oxygens (including phenoxy) is 1. The fourth-order valence-electron chi connectivity index (χ4n) is 4.00. The van der Waals surface area contributed by atoms with Crippen molar-refractivity contribution in [3.8, 4) is 5.75 Å². The van der Waals surface area contributed by atoms with Gasteiger partial charge in [0.1, 0.15) is 12.4 Å². The Morgan fingerprint density at radius 3 is 2.85 bits per heavy atom. The minimum absolute atomic E-state index is 0.0404. The smallest absolute Gasteiger partial charge is 0.259 e. The molecule has 0 saturated carbocycles. The van der Waals surface area contributed by atoms with Crippen molar-refractivity contribution in [2.75, 3.05) is 0 Å². The topological polar surface area (TPSA) is 85.6 Å². The molecule has 2 aromatic heterocycles. The van der Waals surface area contributed by atoms with E-state index in [1.807, 2.05) is 59.3 Å². The first-order valence-corrected chi connectivity index (χ1v) is 11.1. The van der Waals surface area contributed by atoms with Gasteiger partial charge in [0.05, 0.1) is 22.2 Å². The first kappa shape index (κ1) is 21.7. The van der Waals surface area contributed by atoms with E-state index in [4.69, 9.17) is 17.0 Å². The summed E-state index contributed by atoms with van der Waals surface area (Å²) >= 11 is 5.22. The summed E-state index contributed by atoms with van der Waals surface area (Å²) in [5, 5.41) is 4.47. The molecule has 34 heavy (non-hydrogen) atoms. The van der Waals surface area contributed by atoms with Gasteiger partial charge in [-0.05, 0) is 35.4 Å². The van der Waals surface area contributed by atoms with E-state index in [2.05, 4.69) is 21.9 Å². The molecule has 168 valence electrons. The fourth-order valence-corrected chi connectivity index (χ4v) is 4.29. The summed E-state index contributed by atoms with van der Waals surface area (Å²) in [6.45, 7) is 3.90. The molecule has 2 aromatic carbocycles. The molecule has 1 aliphatic heterocycles. The Labute approximate surface area is 200 Å². The summed E-state index contributed by atoms with van der Waals surface area (Å²) < 4.78 is 7.95. The van der Waals surface area contributed by atoms with Gasteiger partial charge in [0, 0.05) is 24.2 Å². The number of aromatic nitrogens is 3. The highest BCUT2D eigenvalue weighted by atomic mass is 32.1. The van der Waals surface area contributed by atoms with E-state index in [0.717, 1.165) is 10.8 Å². The maximum absolute atomic E-state index is 13.1. The van der Waals surface area contributed by atoms with Crippen LogP contribution in [0.2, 0.25) is 0 Å². The van der Waals surface area contributed by atoms with Crippen molar-refractivity contribution in [2.45, 2.75) is 13.0 Å². The number of piperidine rings is 1. The summed E-state index contributed by atoms with van der Waals surface area (Å²) in [5.74, 6) is -0.332. The number of rotatable bonds is 6. The molecule has 1 unspecified atom stereocenters. The molecule has 1 saturated heterocycles. The van der Waals surface area contributed by atoms with Crippen LogP contribution in [0.5, 0.6) is 5.75 Å². The Morgan fingerprint density at radius 2 is 2.03 bits per heavy atom. The Bertz CT molecular complexity index is 1470. The van der Waals surface area contributed by atoms with E-state index in [0.29, 0.717) is 29.2 Å². The van der Waals surface area contributed by atoms with E-state index in [-0.39, 0.29) is 23.0 Å². The Balaban J connectivity index is 1.55. The number of amides is 1. The maximum atomic E-state index is 13.1. The summed E-state index contributed by atoms with van der Waals surface area (Å²) in [7, 11) is 0. The van der Waals surface area contributed by atoms with Gasteiger partial charge in [-0.25, -0.2) is 9.97 Å². The molecular formula is C26H20N4O3S. The molecule has 5 rings (SSSR count). The molecule has 1 atom stereocenters. The number of hydrogen-bond donors (Lipinski definition) is 1. The fraction of sp³-hybridized carbons (Fsp3) is 0.115. The van der Waals surface area contributed by atoms with Gasteiger partial charge >= 0.3 is 0 Å². The molecule has 0 radical (unpaired) electrons. The normalized spacial score (nSPS) is 17.4. The molecule has 4 aromatic rings. The second-order valence-electron chi connectivity index (χ2n) is 7.86. The number of carbonyl (C=O) groups is 2. The average molecular weight is 469 g/mol. The second kappa shape index (κ2) is 8.99. The lowest BCUT2D eigenvalue weighted by Gasteiger charge is -2.23. The third kappa shape index (κ3) is 3.99. The molecule has 0 aliphatic carbocycles. The standard InChI is InChI=1S/C26H20N4O3S/c1-2-6-19-23(31)21(24(32)29-25(19)34)13-20-18-8-4-3-7-16(18)9-10-22(20)33-15-17-14-30-12-5-11-27-26(30)28-17/h2-5,7-14,19H,1,6,15H2,(H,29,32,34)/b21-13+. The minimum Gasteiger partial charge on any atom is -0.487 e. The van der Waals surface area contributed by atoms with Crippen LogP contribution in [0, 0.1) is 5.92 Å². The predicted molar refractivity (Wildman–Crippen MR) is 133 cm³/mol. The van der Waals surface area contributed by atoms with E-state index < -0.39 is 11.8 Å². The van der Waals surface area contributed by atoms with E-state index in [9.17, 15) is 9.59 Å². The molecule has 3 heterocycles. The molecule has 1 N–H and O–H groups in total. The van der Waals surface area contributed by atoms with Gasteiger partial charge in [0.2, 0.25) is 5.78 Å². The first-order chi connectivity index (χ1) is 16.5. The molecule has 7 nitrogen and oxygen atoms in total. The molecule has 1 aliphatic rings. The van der Waals surface area contributed by atoms with E-state index in [1.165, 1.54) is 0 Å². The number of hydrogen-bond acceptors (Lipinski definition) is 6. The SMILES string of the molecule is C=CCC1C(=O)/C(=C\c2c(OCc3cn4cccnc4n3)ccc3ccccc23)C(=O)NC1=S. The zero-order chi connectivity index (χ0) is 23.7. The summed E-state index contributed by atoms with van der Waals surface area (Å²) in [5.41, 5.74) is 1.38. The quantitative estimate of drug-likeness (QED) is 0.199. The minimum atomic E-state index is -0.610. The van der Waals surface area contributed by atoms with Crippen LogP contribution in [-0.4, -0.2) is 31.0 Å². The van der Waals surface area contributed by atoms with Gasteiger partial charge in [-0.1, -0.05) is 48.6 Å². The molecular weight excluding hydrogens is 448 g/mol. The van der Waals surface area contributed by atoms with Crippen molar-refractivity contribution >= 4 is 51.5 Å². The number of ketones is 1. The largest absolute Gasteiger partial charge is 0.487 e. The lowest BCUT2D eigenvalue weighted by atomic mass is 9.88. The highest BCUT2D eigenvalue weighted by Crippen LogP contribution is 2.32. The van der Waals surface area contributed by atoms with Crippen molar-refractivity contribution in [3.63, 3.8) is 0 Å². The van der Waals surface area contributed by atoms with Crippen molar-refractivity contribution in [1.29, 1.82) is 0 Å². The summed E-state index contributed by atoms with van der Waals surface area (Å²) in [6.07, 6.45) is 8.97. The number of nitrogens with zero attached hydrogens (tertiary/aromatic N) is 3. The van der Waals surface area contributed by atoms with Crippen LogP contribution in [0.25, 0.3) is 22.6 Å². The monoisotopic (exact) mass is 468 g/mol. The number of Topliss-reactive ketones (excluding diaryl/α,β-unsaturated/α-hetero) is 1. The Hall–Kier alpha value is -4.17. The summed E-state index contributed by atoms with van der Waals surface area (Å²) in [6, 6.07) is 13.3. The summed E-state index contributed by atoms with van der Waals surface area (Å²) in [4.78, 5) is 34.8. The number of benzene rings is 2. The Morgan fingerprint density at radius 1 is 1.18 bits per heavy atom. The van der Waals surface area contributed by atoms with E-state index >= 15 is 0 Å². The first-order valence-electron chi connectivity index (χ1n) is 10.7. The van der Waals surface area contributed by atoms with Crippen LogP contribution in [0.15, 0.2) is 79.3 Å². The lowest BCUT2D eigenvalue weighted by Crippen LogP contribution is -2.46. The van der Waals surface area contributed by atoms with Crippen molar-refractivity contribution in [3.05, 3.63) is 90.5 Å². The van der Waals surface area contributed by atoms with Gasteiger partial charge in [-0.3, -0.25) is 14.0 Å². The molecule has 8 heteroatoms. The number of allylic oxidation sites excluding steroid dienone is 1. The van der Waals surface area contributed by atoms with Gasteiger partial charge in [0.15, 0.2) is 5.78 Å². The third-order valence-electron chi connectivity index (χ3n) is 5.66. The van der Waals surface area contributed by atoms with Crippen molar-refractivity contribution in [2.24, 2.45) is 5.92 Å². The van der Waals surface area contributed by atoms with Crippen LogP contribution in [0.3, 0.4) is 0 Å². The Kier molecular flexibility index (Phi) is 5.73. The van der Waals surface area contributed by atoms with Crippen molar-refractivity contribution in [1.82, 2.24) is 19.7 Å². The number of thiocarbonyl (C=S) groups is 1. The van der Waals surface area contributed by atoms with Crippen molar-refractivity contribution < 1.29 is 14.3 Å². The average Bonchev–Trinajstić information content (AvgIpc) is 3.26. The highest BCUT2D eigenvalue weighted by molar-refractivity contribution is 7.80. The lowest BCUT2D eigenvalue weighted by molar-refractivity contribution is -0.124. The van der Waals surface area contributed by atoms with Crippen LogP contribution < -0.4 is 10.1 Å². The molecule has 0 spiro atoms. The van der Waals surface area contributed by atoms with Crippen LogP contribution in [0.4, 0.5) is 0 Å². The molecule has 0 bridgehead atoms. The third-order valence-corrected chi connectivity index (χ3v) is 6.05. The number of nitrogens with one attached hydrogen (secondary N) is 1. The van der Waals surface area contributed by atoms with Crippen LogP contribution in [0.1, 0.15) is 17.7 Å². The van der Waals surface area contributed by atoms with E-state index in [1.54, 1.807) is 18.3 Å². The number of carbonyl (C=O) groups excluding carboxylic acids is 2. The van der Waals surface area contributed by atoms with Crippen LogP contribution >= 0.6 is 12.2 Å². The molecule has 1 amide bonds. The van der Waals surface area contributed by atoms with Gasteiger partial charge in [-0.2, -0.15) is 0 Å².